The summed E-state index contributed by atoms with van der Waals surface area (Å²) in [5.41, 5.74) is 9.96. The lowest BCUT2D eigenvalue weighted by Crippen LogP contribution is -2.18. The van der Waals surface area contributed by atoms with Crippen LogP contribution in [0, 0.1) is 27.4 Å². The molecule has 1 atom stereocenters. The first-order valence-corrected chi connectivity index (χ1v) is 8.01. The highest BCUT2D eigenvalue weighted by atomic mass is 16.6. The summed E-state index contributed by atoms with van der Waals surface area (Å²) < 4.78 is 0. The van der Waals surface area contributed by atoms with Gasteiger partial charge in [-0.1, -0.05) is 13.3 Å². The maximum atomic E-state index is 10.9. The molecule has 2 aromatic rings. The van der Waals surface area contributed by atoms with Crippen LogP contribution < -0.4 is 5.73 Å². The fourth-order valence-corrected chi connectivity index (χ4v) is 3.38. The van der Waals surface area contributed by atoms with Crippen LogP contribution in [0.15, 0.2) is 24.3 Å². The Hall–Kier alpha value is -2.94. The number of pyridine rings is 1. The van der Waals surface area contributed by atoms with E-state index in [1.165, 1.54) is 12.1 Å². The number of nitrogen functional groups attached to an aromatic ring is 1. The van der Waals surface area contributed by atoms with Crippen LogP contribution in [0.25, 0.3) is 11.1 Å². The number of anilines is 1. The second-order valence-corrected chi connectivity index (χ2v) is 6.11. The Labute approximate surface area is 140 Å². The molecule has 2 N–H and O–H groups in total. The molecule has 6 heteroatoms. The van der Waals surface area contributed by atoms with E-state index in [-0.39, 0.29) is 11.5 Å². The monoisotopic (exact) mass is 322 g/mol. The minimum absolute atomic E-state index is 0.0274. The first-order valence-electron chi connectivity index (χ1n) is 8.01. The summed E-state index contributed by atoms with van der Waals surface area (Å²) >= 11 is 0. The fourth-order valence-electron chi connectivity index (χ4n) is 3.38. The van der Waals surface area contributed by atoms with Gasteiger partial charge in [-0.3, -0.25) is 10.1 Å². The number of rotatable bonds is 3. The maximum absolute atomic E-state index is 10.9. The van der Waals surface area contributed by atoms with Crippen molar-refractivity contribution in [3.8, 4) is 17.2 Å². The molecule has 0 saturated heterocycles. The van der Waals surface area contributed by atoms with Crippen LogP contribution in [0.3, 0.4) is 0 Å². The van der Waals surface area contributed by atoms with E-state index in [2.05, 4.69) is 18.0 Å². The minimum atomic E-state index is -0.432. The normalized spacial score (nSPS) is 16.2. The second kappa shape index (κ2) is 6.28. The summed E-state index contributed by atoms with van der Waals surface area (Å²) in [6.07, 6.45) is 3.86. The maximum Gasteiger partial charge on any atom is 0.269 e. The van der Waals surface area contributed by atoms with Crippen molar-refractivity contribution in [1.82, 2.24) is 4.98 Å². The Morgan fingerprint density at radius 2 is 2.12 bits per heavy atom. The van der Waals surface area contributed by atoms with Crippen LogP contribution in [0.4, 0.5) is 11.5 Å². The molecule has 1 unspecified atom stereocenters. The van der Waals surface area contributed by atoms with Gasteiger partial charge in [-0.05, 0) is 48.4 Å². The highest BCUT2D eigenvalue weighted by Gasteiger charge is 2.26. The van der Waals surface area contributed by atoms with Crippen LogP contribution in [0.2, 0.25) is 0 Å². The van der Waals surface area contributed by atoms with Crippen molar-refractivity contribution < 1.29 is 4.92 Å². The van der Waals surface area contributed by atoms with Gasteiger partial charge in [0.2, 0.25) is 0 Å². The van der Waals surface area contributed by atoms with E-state index in [0.29, 0.717) is 11.5 Å². The predicted octanol–water partition coefficient (Wildman–Crippen LogP) is 3.63. The lowest BCUT2D eigenvalue weighted by molar-refractivity contribution is -0.384. The molecule has 1 aliphatic carbocycles. The number of nitriles is 1. The van der Waals surface area contributed by atoms with Crippen LogP contribution in [0.1, 0.15) is 36.6 Å². The zero-order chi connectivity index (χ0) is 17.3. The summed E-state index contributed by atoms with van der Waals surface area (Å²) in [5, 5.41) is 20.4. The molecule has 0 fully saturated rings. The van der Waals surface area contributed by atoms with E-state index in [1.54, 1.807) is 12.1 Å². The summed E-state index contributed by atoms with van der Waals surface area (Å²) in [4.78, 5) is 14.9. The Bertz CT molecular complexity index is 838. The molecular formula is C18H18N4O2. The van der Waals surface area contributed by atoms with Gasteiger partial charge in [0.15, 0.2) is 0 Å². The number of benzene rings is 1. The summed E-state index contributed by atoms with van der Waals surface area (Å²) in [7, 11) is 0. The lowest BCUT2D eigenvalue weighted by atomic mass is 9.80. The summed E-state index contributed by atoms with van der Waals surface area (Å²) in [6, 6.07) is 8.45. The number of nitro groups is 1. The number of nitrogens with two attached hydrogens (primary N) is 1. The topological polar surface area (TPSA) is 106 Å². The number of aryl methyl sites for hydroxylation is 1. The number of nitrogens with zero attached hydrogens (tertiary/aromatic N) is 3. The van der Waals surface area contributed by atoms with E-state index in [4.69, 9.17) is 5.73 Å². The first kappa shape index (κ1) is 15.9. The third-order valence-corrected chi connectivity index (χ3v) is 4.75. The van der Waals surface area contributed by atoms with Crippen molar-refractivity contribution in [2.24, 2.45) is 5.92 Å². The van der Waals surface area contributed by atoms with Crippen LogP contribution >= 0.6 is 0 Å². The molecule has 1 aromatic carbocycles. The molecule has 0 radical (unpaired) electrons. The smallest absolute Gasteiger partial charge is 0.269 e. The number of hydrogen-bond acceptors (Lipinski definition) is 5. The van der Waals surface area contributed by atoms with Gasteiger partial charge in [0.1, 0.15) is 17.5 Å². The van der Waals surface area contributed by atoms with Gasteiger partial charge in [-0.2, -0.15) is 5.26 Å². The van der Waals surface area contributed by atoms with Gasteiger partial charge in [0.05, 0.1) is 4.92 Å². The van der Waals surface area contributed by atoms with Crippen molar-refractivity contribution in [1.29, 1.82) is 5.26 Å². The van der Waals surface area contributed by atoms with Gasteiger partial charge in [-0.25, -0.2) is 4.98 Å². The molecule has 3 rings (SSSR count). The highest BCUT2D eigenvalue weighted by Crippen LogP contribution is 2.38. The number of fused-ring (bicyclic) bond motifs is 1. The number of aromatic nitrogens is 1. The van der Waals surface area contributed by atoms with Crippen molar-refractivity contribution in [2.45, 2.75) is 32.6 Å². The van der Waals surface area contributed by atoms with Gasteiger partial charge in [0.25, 0.3) is 5.69 Å². The Balaban J connectivity index is 2.20. The Morgan fingerprint density at radius 1 is 1.42 bits per heavy atom. The Morgan fingerprint density at radius 3 is 2.71 bits per heavy atom. The molecule has 1 aliphatic rings. The average molecular weight is 322 g/mol. The predicted molar refractivity (Wildman–Crippen MR) is 91.3 cm³/mol. The largest absolute Gasteiger partial charge is 0.383 e. The fraction of sp³-hybridized carbons (Fsp3) is 0.333. The van der Waals surface area contributed by atoms with Gasteiger partial charge < -0.3 is 5.73 Å². The molecule has 122 valence electrons. The third kappa shape index (κ3) is 2.69. The molecule has 1 heterocycles. The zero-order valence-corrected chi connectivity index (χ0v) is 13.5. The average Bonchev–Trinajstić information content (AvgIpc) is 2.60. The van der Waals surface area contributed by atoms with Crippen molar-refractivity contribution in [3.05, 3.63) is 51.2 Å². The molecule has 0 bridgehead atoms. The number of non-ortho nitro benzene ring substituents is 1. The molecule has 0 saturated carbocycles. The second-order valence-electron chi connectivity index (χ2n) is 6.11. The molecular weight excluding hydrogens is 304 g/mol. The minimum Gasteiger partial charge on any atom is -0.383 e. The van der Waals surface area contributed by atoms with Gasteiger partial charge in [0, 0.05) is 23.4 Å². The van der Waals surface area contributed by atoms with E-state index >= 15 is 0 Å². The molecule has 24 heavy (non-hydrogen) atoms. The number of hydrogen-bond donors (Lipinski definition) is 1. The zero-order valence-electron chi connectivity index (χ0n) is 13.5. The summed E-state index contributed by atoms with van der Waals surface area (Å²) in [6.45, 7) is 2.16. The van der Waals surface area contributed by atoms with Crippen molar-refractivity contribution in [2.75, 3.05) is 5.73 Å². The molecule has 6 nitrogen and oxygen atoms in total. The van der Waals surface area contributed by atoms with E-state index < -0.39 is 4.92 Å². The van der Waals surface area contributed by atoms with Crippen molar-refractivity contribution in [3.63, 3.8) is 0 Å². The molecule has 1 aromatic heterocycles. The van der Waals surface area contributed by atoms with E-state index in [1.807, 2.05) is 0 Å². The summed E-state index contributed by atoms with van der Waals surface area (Å²) in [5.74, 6) is 0.797. The van der Waals surface area contributed by atoms with Gasteiger partial charge in [-0.15, -0.1) is 0 Å². The van der Waals surface area contributed by atoms with Crippen LogP contribution in [-0.2, 0) is 12.8 Å². The molecule has 0 amide bonds. The standard InChI is InChI=1S/C18H18N4O2/c1-2-11-3-8-16-14(9-11)17(15(10-19)18(20)21-16)12-4-6-13(7-5-12)22(23)24/h4-7,11H,2-3,8-9H2,1H3,(H2,20,21). The highest BCUT2D eigenvalue weighted by molar-refractivity contribution is 5.79. The molecule has 0 aliphatic heterocycles. The van der Waals surface area contributed by atoms with Crippen molar-refractivity contribution >= 4 is 11.5 Å². The third-order valence-electron chi connectivity index (χ3n) is 4.75. The lowest BCUT2D eigenvalue weighted by Gasteiger charge is -2.26. The quantitative estimate of drug-likeness (QED) is 0.686. The first-order chi connectivity index (χ1) is 11.5. The van der Waals surface area contributed by atoms with E-state index in [9.17, 15) is 15.4 Å². The SMILES string of the molecule is CCC1CCc2nc(N)c(C#N)c(-c3ccc([N+](=O)[O-])cc3)c2C1. The van der Waals surface area contributed by atoms with Crippen LogP contribution in [-0.4, -0.2) is 9.91 Å². The van der Waals surface area contributed by atoms with Gasteiger partial charge >= 0.3 is 0 Å². The molecule has 0 spiro atoms. The van der Waals surface area contributed by atoms with Crippen LogP contribution in [0.5, 0.6) is 0 Å². The number of nitro benzene ring substituents is 1. The Kier molecular flexibility index (Phi) is 4.17. The van der Waals surface area contributed by atoms with E-state index in [0.717, 1.165) is 48.1 Å².